The number of morpholine rings is 2. The number of rotatable bonds is 8. The van der Waals surface area contributed by atoms with E-state index in [0.29, 0.717) is 38.4 Å². The van der Waals surface area contributed by atoms with E-state index in [9.17, 15) is 4.79 Å². The molecule has 35 heavy (non-hydrogen) atoms. The maximum absolute atomic E-state index is 12.8. The Morgan fingerprint density at radius 2 is 1.63 bits per heavy atom. The molecule has 3 heterocycles. The van der Waals surface area contributed by atoms with Crippen LogP contribution in [0.3, 0.4) is 0 Å². The lowest BCUT2D eigenvalue weighted by Gasteiger charge is -2.33. The van der Waals surface area contributed by atoms with Gasteiger partial charge in [-0.25, -0.2) is 4.98 Å². The van der Waals surface area contributed by atoms with E-state index in [1.807, 2.05) is 36.4 Å². The van der Waals surface area contributed by atoms with Gasteiger partial charge in [0.15, 0.2) is 11.7 Å². The number of carbonyl (C=O) groups excluding carboxylic acids is 1. The van der Waals surface area contributed by atoms with E-state index in [4.69, 9.17) is 13.9 Å². The van der Waals surface area contributed by atoms with Crippen molar-refractivity contribution in [3.8, 4) is 11.3 Å². The van der Waals surface area contributed by atoms with Gasteiger partial charge in [0.2, 0.25) is 5.91 Å². The number of amides is 1. The SMILES string of the molecule is O=C(CCCc1ncc(-c2ccccc2)o1)Nc1ccc(N2CCOCC2)cc1N1CCOCC1. The van der Waals surface area contributed by atoms with Crippen LogP contribution < -0.4 is 15.1 Å². The number of oxazole rings is 1. The van der Waals surface area contributed by atoms with Gasteiger partial charge in [0, 0.05) is 50.3 Å². The maximum Gasteiger partial charge on any atom is 0.224 e. The van der Waals surface area contributed by atoms with Crippen LogP contribution in [0.5, 0.6) is 0 Å². The zero-order valence-corrected chi connectivity index (χ0v) is 19.9. The number of nitrogens with one attached hydrogen (secondary N) is 1. The minimum absolute atomic E-state index is 0.00605. The van der Waals surface area contributed by atoms with Gasteiger partial charge in [-0.2, -0.15) is 0 Å². The number of carbonyl (C=O) groups is 1. The second-order valence-corrected chi connectivity index (χ2v) is 8.79. The Bertz CT molecular complexity index is 1110. The zero-order valence-electron chi connectivity index (χ0n) is 19.9. The molecule has 5 rings (SSSR count). The van der Waals surface area contributed by atoms with Gasteiger partial charge in [-0.15, -0.1) is 0 Å². The van der Waals surface area contributed by atoms with Crippen LogP contribution in [-0.4, -0.2) is 63.5 Å². The highest BCUT2D eigenvalue weighted by atomic mass is 16.5. The molecule has 2 saturated heterocycles. The molecule has 0 aliphatic carbocycles. The van der Waals surface area contributed by atoms with E-state index in [2.05, 4.69) is 32.2 Å². The van der Waals surface area contributed by atoms with Crippen molar-refractivity contribution in [2.45, 2.75) is 19.3 Å². The van der Waals surface area contributed by atoms with Gasteiger partial charge >= 0.3 is 0 Å². The van der Waals surface area contributed by atoms with E-state index in [1.165, 1.54) is 0 Å². The average Bonchev–Trinajstić information content (AvgIpc) is 3.39. The number of hydrogen-bond acceptors (Lipinski definition) is 7. The monoisotopic (exact) mass is 476 g/mol. The molecule has 0 atom stereocenters. The molecule has 184 valence electrons. The smallest absolute Gasteiger partial charge is 0.224 e. The lowest BCUT2D eigenvalue weighted by molar-refractivity contribution is -0.116. The second kappa shape index (κ2) is 11.4. The molecule has 3 aromatic rings. The van der Waals surface area contributed by atoms with Crippen LogP contribution in [0, 0.1) is 0 Å². The van der Waals surface area contributed by atoms with Crippen molar-refractivity contribution in [1.82, 2.24) is 4.98 Å². The summed E-state index contributed by atoms with van der Waals surface area (Å²) in [6, 6.07) is 16.2. The summed E-state index contributed by atoms with van der Waals surface area (Å²) in [5.41, 5.74) is 4.05. The lowest BCUT2D eigenvalue weighted by atomic mass is 10.1. The lowest BCUT2D eigenvalue weighted by Crippen LogP contribution is -2.38. The molecule has 0 saturated carbocycles. The third-order valence-corrected chi connectivity index (χ3v) is 6.39. The summed E-state index contributed by atoms with van der Waals surface area (Å²) in [5.74, 6) is 1.40. The third-order valence-electron chi connectivity index (χ3n) is 6.39. The van der Waals surface area contributed by atoms with Crippen LogP contribution in [0.15, 0.2) is 59.1 Å². The Balaban J connectivity index is 1.20. The molecule has 2 aromatic carbocycles. The van der Waals surface area contributed by atoms with Gasteiger partial charge in [0.1, 0.15) is 0 Å². The van der Waals surface area contributed by atoms with E-state index in [0.717, 1.165) is 67.8 Å². The van der Waals surface area contributed by atoms with Crippen LogP contribution in [0.1, 0.15) is 18.7 Å². The molecule has 2 aliphatic rings. The van der Waals surface area contributed by atoms with Crippen molar-refractivity contribution in [2.24, 2.45) is 0 Å². The Labute approximate surface area is 205 Å². The molecule has 1 amide bonds. The van der Waals surface area contributed by atoms with Crippen LogP contribution in [0.25, 0.3) is 11.3 Å². The fourth-order valence-electron chi connectivity index (χ4n) is 4.48. The average molecular weight is 477 g/mol. The summed E-state index contributed by atoms with van der Waals surface area (Å²) >= 11 is 0. The fraction of sp³-hybridized carbons (Fsp3) is 0.407. The molecule has 0 bridgehead atoms. The minimum atomic E-state index is -0.00605. The summed E-state index contributed by atoms with van der Waals surface area (Å²) in [5, 5.41) is 3.14. The number of nitrogens with zero attached hydrogens (tertiary/aromatic N) is 3. The second-order valence-electron chi connectivity index (χ2n) is 8.79. The van der Waals surface area contributed by atoms with Crippen molar-refractivity contribution in [2.75, 3.05) is 67.7 Å². The van der Waals surface area contributed by atoms with Crippen molar-refractivity contribution in [3.63, 3.8) is 0 Å². The first kappa shape index (κ1) is 23.4. The molecule has 2 fully saturated rings. The largest absolute Gasteiger partial charge is 0.441 e. The molecule has 0 spiro atoms. The first-order chi connectivity index (χ1) is 17.3. The van der Waals surface area contributed by atoms with Gasteiger partial charge in [0.05, 0.1) is 44.0 Å². The van der Waals surface area contributed by atoms with Gasteiger partial charge in [0.25, 0.3) is 0 Å². The first-order valence-electron chi connectivity index (χ1n) is 12.4. The van der Waals surface area contributed by atoms with E-state index in [1.54, 1.807) is 6.20 Å². The number of anilines is 3. The molecule has 2 aliphatic heterocycles. The number of aryl methyl sites for hydroxylation is 1. The molecule has 0 unspecified atom stereocenters. The third kappa shape index (κ3) is 6.01. The zero-order chi connectivity index (χ0) is 23.9. The molecule has 8 nitrogen and oxygen atoms in total. The minimum Gasteiger partial charge on any atom is -0.441 e. The van der Waals surface area contributed by atoms with Gasteiger partial charge in [-0.3, -0.25) is 4.79 Å². The number of ether oxygens (including phenoxy) is 2. The predicted octanol–water partition coefficient (Wildman–Crippen LogP) is 3.98. The predicted molar refractivity (Wildman–Crippen MR) is 136 cm³/mol. The summed E-state index contributed by atoms with van der Waals surface area (Å²) < 4.78 is 16.9. The van der Waals surface area contributed by atoms with Gasteiger partial charge < -0.3 is 29.0 Å². The van der Waals surface area contributed by atoms with Gasteiger partial charge in [-0.05, 0) is 24.6 Å². The van der Waals surface area contributed by atoms with Gasteiger partial charge in [-0.1, -0.05) is 30.3 Å². The molecular formula is C27H32N4O4. The standard InChI is InChI=1S/C27H32N4O4/c32-26(7-4-8-27-28-20-25(35-27)21-5-2-1-3-6-21)29-23-10-9-22(30-11-15-33-16-12-30)19-24(23)31-13-17-34-18-14-31/h1-3,5-6,9-10,19-20H,4,7-8,11-18H2,(H,29,32). The summed E-state index contributed by atoms with van der Waals surface area (Å²) in [6.07, 6.45) is 3.43. The fourth-order valence-corrected chi connectivity index (χ4v) is 4.48. The van der Waals surface area contributed by atoms with Crippen molar-refractivity contribution in [1.29, 1.82) is 0 Å². The molecule has 1 aromatic heterocycles. The first-order valence-corrected chi connectivity index (χ1v) is 12.4. The topological polar surface area (TPSA) is 80.1 Å². The van der Waals surface area contributed by atoms with E-state index >= 15 is 0 Å². The van der Waals surface area contributed by atoms with Crippen LogP contribution in [0.4, 0.5) is 17.1 Å². The van der Waals surface area contributed by atoms with Crippen molar-refractivity contribution in [3.05, 3.63) is 60.6 Å². The van der Waals surface area contributed by atoms with Crippen LogP contribution in [-0.2, 0) is 20.7 Å². The molecule has 1 N–H and O–H groups in total. The van der Waals surface area contributed by atoms with E-state index < -0.39 is 0 Å². The number of aromatic nitrogens is 1. The van der Waals surface area contributed by atoms with Crippen LogP contribution in [0.2, 0.25) is 0 Å². The Morgan fingerprint density at radius 1 is 0.914 bits per heavy atom. The Morgan fingerprint density at radius 3 is 2.37 bits per heavy atom. The van der Waals surface area contributed by atoms with Crippen molar-refractivity contribution >= 4 is 23.0 Å². The summed E-state index contributed by atoms with van der Waals surface area (Å²) in [4.78, 5) is 21.8. The van der Waals surface area contributed by atoms with E-state index in [-0.39, 0.29) is 5.91 Å². The highest BCUT2D eigenvalue weighted by Gasteiger charge is 2.19. The highest BCUT2D eigenvalue weighted by Crippen LogP contribution is 2.32. The highest BCUT2D eigenvalue weighted by molar-refractivity contribution is 5.95. The maximum atomic E-state index is 12.8. The quantitative estimate of drug-likeness (QED) is 0.527. The summed E-state index contributed by atoms with van der Waals surface area (Å²) in [6.45, 7) is 6.23. The normalized spacial score (nSPS) is 16.3. The van der Waals surface area contributed by atoms with Crippen LogP contribution >= 0.6 is 0 Å². The summed E-state index contributed by atoms with van der Waals surface area (Å²) in [7, 11) is 0. The number of hydrogen-bond donors (Lipinski definition) is 1. The Hall–Kier alpha value is -3.36. The molecule has 8 heteroatoms. The Kier molecular flexibility index (Phi) is 7.60. The molecule has 0 radical (unpaired) electrons. The van der Waals surface area contributed by atoms with Crippen molar-refractivity contribution < 1.29 is 18.7 Å². The molecular weight excluding hydrogens is 444 g/mol. The number of benzene rings is 2.